The summed E-state index contributed by atoms with van der Waals surface area (Å²) in [5, 5.41) is 0. The van der Waals surface area contributed by atoms with Crippen LogP contribution in [0.2, 0.25) is 0 Å². The van der Waals surface area contributed by atoms with E-state index in [4.69, 9.17) is 4.74 Å². The van der Waals surface area contributed by atoms with E-state index in [0.29, 0.717) is 13.0 Å². The number of anilines is 2. The van der Waals surface area contributed by atoms with E-state index in [-0.39, 0.29) is 17.1 Å². The van der Waals surface area contributed by atoms with Crippen LogP contribution in [0.5, 0.6) is 0 Å². The van der Waals surface area contributed by atoms with Crippen molar-refractivity contribution in [2.45, 2.75) is 87.9 Å². The molecule has 35 heavy (non-hydrogen) atoms. The maximum Gasteiger partial charge on any atom is 0.304 e. The Labute approximate surface area is 210 Å². The molecule has 1 atom stereocenters. The number of benzene rings is 2. The second-order valence-corrected chi connectivity index (χ2v) is 10.2. The van der Waals surface area contributed by atoms with Crippen LogP contribution >= 0.6 is 0 Å². The highest BCUT2D eigenvalue weighted by Crippen LogP contribution is 2.35. The van der Waals surface area contributed by atoms with Crippen molar-refractivity contribution < 1.29 is 18.7 Å². The van der Waals surface area contributed by atoms with Crippen molar-refractivity contribution in [1.29, 1.82) is 0 Å². The third-order valence-electron chi connectivity index (χ3n) is 5.91. The van der Waals surface area contributed by atoms with Gasteiger partial charge in [0, 0.05) is 32.1 Å². The van der Waals surface area contributed by atoms with Gasteiger partial charge in [-0.2, -0.15) is 0 Å². The van der Waals surface area contributed by atoms with Gasteiger partial charge in [-0.15, -0.1) is 0 Å². The van der Waals surface area contributed by atoms with Crippen LogP contribution < -0.4 is 9.80 Å². The minimum Gasteiger partial charge on any atom is -0.442 e. The summed E-state index contributed by atoms with van der Waals surface area (Å²) in [7, 11) is 0. The summed E-state index contributed by atoms with van der Waals surface area (Å²) in [5.74, 6) is -0.698. The van der Waals surface area contributed by atoms with Crippen LogP contribution in [-0.2, 0) is 27.3 Å². The minimum absolute atomic E-state index is 0.0795. The number of hydrogen-bond donors (Lipinski definition) is 0. The van der Waals surface area contributed by atoms with Gasteiger partial charge in [0.25, 0.3) is 0 Å². The molecule has 1 unspecified atom stereocenters. The smallest absolute Gasteiger partial charge is 0.304 e. The number of carbonyl (C=O) groups is 2. The molecule has 6 heteroatoms. The van der Waals surface area contributed by atoms with Crippen LogP contribution in [-0.4, -0.2) is 24.6 Å². The molecule has 5 nitrogen and oxygen atoms in total. The largest absolute Gasteiger partial charge is 0.442 e. The third kappa shape index (κ3) is 7.30. The van der Waals surface area contributed by atoms with Crippen LogP contribution in [0.3, 0.4) is 0 Å². The molecule has 0 spiro atoms. The fourth-order valence-corrected chi connectivity index (χ4v) is 4.58. The average Bonchev–Trinajstić information content (AvgIpc) is 2.75. The Hall–Kier alpha value is -2.89. The highest BCUT2D eigenvalue weighted by atomic mass is 19.1. The number of carbonyl (C=O) groups excluding carboxylic acids is 2. The number of nitrogens with zero attached hydrogens (tertiary/aromatic N) is 2. The Morgan fingerprint density at radius 1 is 1.09 bits per heavy atom. The van der Waals surface area contributed by atoms with Crippen LogP contribution in [0.1, 0.15) is 77.1 Å². The fraction of sp³-hybridized carbons (Fsp3) is 0.517. The molecule has 192 valence electrons. The number of amides is 1. The maximum absolute atomic E-state index is 13.6. The van der Waals surface area contributed by atoms with Gasteiger partial charge in [0.15, 0.2) is 6.23 Å². The topological polar surface area (TPSA) is 49.9 Å². The molecule has 0 N–H and O–H groups in total. The average molecular weight is 485 g/mol. The highest BCUT2D eigenvalue weighted by molar-refractivity contribution is 5.96. The van der Waals surface area contributed by atoms with E-state index in [9.17, 15) is 14.0 Å². The van der Waals surface area contributed by atoms with Crippen molar-refractivity contribution in [2.75, 3.05) is 16.3 Å². The number of ether oxygens (including phenoxy) is 1. The Morgan fingerprint density at radius 3 is 2.23 bits per heavy atom. The second kappa shape index (κ2) is 11.7. The molecule has 0 aliphatic carbocycles. The number of esters is 1. The molecule has 0 radical (unpaired) electrons. The number of fused-ring (bicyclic) bond motifs is 1. The van der Waals surface area contributed by atoms with Crippen LogP contribution in [0, 0.1) is 25.1 Å². The molecule has 0 saturated heterocycles. The Kier molecular flexibility index (Phi) is 9.47. The van der Waals surface area contributed by atoms with E-state index in [0.717, 1.165) is 46.6 Å². The van der Waals surface area contributed by atoms with Gasteiger partial charge < -0.3 is 9.64 Å². The Morgan fingerprint density at radius 2 is 1.69 bits per heavy atom. The first-order valence-electron chi connectivity index (χ1n) is 12.5. The van der Waals surface area contributed by atoms with Crippen molar-refractivity contribution in [2.24, 2.45) is 5.41 Å². The molecule has 2 aromatic carbocycles. The molecule has 0 saturated carbocycles. The molecular weight excluding hydrogens is 443 g/mol. The maximum atomic E-state index is 13.6. The fourth-order valence-electron chi connectivity index (χ4n) is 4.58. The summed E-state index contributed by atoms with van der Waals surface area (Å²) in [4.78, 5) is 28.9. The van der Waals surface area contributed by atoms with E-state index in [1.165, 1.54) is 13.0 Å². The minimum atomic E-state index is -0.711. The van der Waals surface area contributed by atoms with E-state index in [1.807, 2.05) is 54.5 Å². The zero-order valence-corrected chi connectivity index (χ0v) is 22.8. The van der Waals surface area contributed by atoms with Gasteiger partial charge in [0.1, 0.15) is 5.82 Å². The molecule has 3 rings (SSSR count). The molecule has 1 aliphatic rings. The standard InChI is InChI=1S/C27H35FN2O3.C2H6/c1-17-12-24(29-11-10-21-14-23(28)9-8-22(21)16-29)13-18(2)26(17)30(19(3)33-20(4)31)25(32)15-27(5,6)7;1-2/h8-9,12-14,19H,10-11,15-16H2,1-7H3;1-2H3. The second-order valence-electron chi connectivity index (χ2n) is 10.2. The molecule has 0 aromatic heterocycles. The van der Waals surface area contributed by atoms with Gasteiger partial charge in [-0.1, -0.05) is 40.7 Å². The summed E-state index contributed by atoms with van der Waals surface area (Å²) in [5.41, 5.74) is 5.71. The lowest BCUT2D eigenvalue weighted by atomic mass is 9.91. The quantitative estimate of drug-likeness (QED) is 0.350. The summed E-state index contributed by atoms with van der Waals surface area (Å²) >= 11 is 0. The first kappa shape index (κ1) is 28.3. The number of rotatable bonds is 5. The van der Waals surface area contributed by atoms with Crippen molar-refractivity contribution >= 4 is 23.3 Å². The SMILES string of the molecule is CC.CC(=O)OC(C)N(C(=O)CC(C)(C)C)c1c(C)cc(N2CCc3cc(F)ccc3C2)cc1C. The van der Waals surface area contributed by atoms with Gasteiger partial charge in [0.05, 0.1) is 5.69 Å². The van der Waals surface area contributed by atoms with Crippen molar-refractivity contribution in [1.82, 2.24) is 0 Å². The summed E-state index contributed by atoms with van der Waals surface area (Å²) in [6, 6.07) is 9.15. The summed E-state index contributed by atoms with van der Waals surface area (Å²) < 4.78 is 19.0. The molecule has 1 aliphatic heterocycles. The summed E-state index contributed by atoms with van der Waals surface area (Å²) in [6.45, 7) is 18.6. The van der Waals surface area contributed by atoms with Gasteiger partial charge in [-0.25, -0.2) is 4.39 Å². The number of hydrogen-bond acceptors (Lipinski definition) is 4. The monoisotopic (exact) mass is 484 g/mol. The lowest BCUT2D eigenvalue weighted by Gasteiger charge is -2.35. The third-order valence-corrected chi connectivity index (χ3v) is 5.91. The van der Waals surface area contributed by atoms with Crippen LogP contribution in [0.4, 0.5) is 15.8 Å². The predicted molar refractivity (Wildman–Crippen MR) is 141 cm³/mol. The van der Waals surface area contributed by atoms with E-state index < -0.39 is 12.2 Å². The summed E-state index contributed by atoms with van der Waals surface area (Å²) in [6.07, 6.45) is 0.406. The van der Waals surface area contributed by atoms with Gasteiger partial charge >= 0.3 is 5.97 Å². The van der Waals surface area contributed by atoms with Crippen LogP contribution in [0.15, 0.2) is 30.3 Å². The number of halogens is 1. The predicted octanol–water partition coefficient (Wildman–Crippen LogP) is 6.71. The number of aryl methyl sites for hydroxylation is 2. The zero-order valence-electron chi connectivity index (χ0n) is 22.8. The molecule has 1 amide bonds. The van der Waals surface area contributed by atoms with E-state index >= 15 is 0 Å². The van der Waals surface area contributed by atoms with Gasteiger partial charge in [-0.05, 0) is 79.1 Å². The lowest BCUT2D eigenvalue weighted by molar-refractivity contribution is -0.146. The lowest BCUT2D eigenvalue weighted by Crippen LogP contribution is -2.43. The first-order chi connectivity index (χ1) is 16.4. The van der Waals surface area contributed by atoms with Crippen LogP contribution in [0.25, 0.3) is 0 Å². The Bertz CT molecular complexity index is 1040. The van der Waals surface area contributed by atoms with Crippen molar-refractivity contribution in [3.63, 3.8) is 0 Å². The molecule has 0 bridgehead atoms. The van der Waals surface area contributed by atoms with Gasteiger partial charge in [0.2, 0.25) is 5.91 Å². The van der Waals surface area contributed by atoms with Crippen molar-refractivity contribution in [3.05, 3.63) is 58.4 Å². The molecule has 1 heterocycles. The molecule has 2 aromatic rings. The van der Waals surface area contributed by atoms with Crippen molar-refractivity contribution in [3.8, 4) is 0 Å². The van der Waals surface area contributed by atoms with E-state index in [1.54, 1.807) is 17.9 Å². The van der Waals surface area contributed by atoms with E-state index in [2.05, 4.69) is 17.0 Å². The molecule has 0 fully saturated rings. The van der Waals surface area contributed by atoms with Gasteiger partial charge in [-0.3, -0.25) is 14.5 Å². The highest BCUT2D eigenvalue weighted by Gasteiger charge is 2.30. The zero-order chi connectivity index (χ0) is 26.5. The Balaban J connectivity index is 0.00000210. The normalized spacial score (nSPS) is 13.8. The first-order valence-corrected chi connectivity index (χ1v) is 12.5. The molecular formula is C29H41FN2O3.